The fourth-order valence-corrected chi connectivity index (χ4v) is 3.66. The average Bonchev–Trinajstić information content (AvgIpc) is 3.23. The van der Waals surface area contributed by atoms with Crippen LogP contribution in [0.15, 0.2) is 55.0 Å². The van der Waals surface area contributed by atoms with Crippen LogP contribution in [0.2, 0.25) is 5.02 Å². The number of anilines is 1. The molecule has 1 aliphatic rings. The molecule has 1 fully saturated rings. The maximum absolute atomic E-state index is 12.8. The van der Waals surface area contributed by atoms with Gasteiger partial charge in [0.25, 0.3) is 0 Å². The standard InChI is InChI=1S/C20H19ClF3N5/c21-18-12-16(20(22,23)24)13-25-19(18)28-10-8-27(9-11-28)14-15-2-4-17(5-3-15)29-7-1-6-26-29/h1-7,12-13H,8-11,14H2. The van der Waals surface area contributed by atoms with Crippen LogP contribution < -0.4 is 4.90 Å². The number of rotatable bonds is 4. The number of halogens is 4. The van der Waals surface area contributed by atoms with Crippen molar-refractivity contribution in [2.24, 2.45) is 0 Å². The molecule has 29 heavy (non-hydrogen) atoms. The molecule has 0 spiro atoms. The van der Waals surface area contributed by atoms with Crippen LogP contribution in [0.4, 0.5) is 19.0 Å². The summed E-state index contributed by atoms with van der Waals surface area (Å²) in [7, 11) is 0. The molecule has 3 heterocycles. The normalized spacial score (nSPS) is 15.7. The van der Waals surface area contributed by atoms with Gasteiger partial charge in [-0.2, -0.15) is 18.3 Å². The van der Waals surface area contributed by atoms with E-state index < -0.39 is 11.7 Å². The van der Waals surface area contributed by atoms with E-state index in [0.29, 0.717) is 18.9 Å². The van der Waals surface area contributed by atoms with Gasteiger partial charge in [-0.05, 0) is 29.8 Å². The molecule has 0 atom stereocenters. The smallest absolute Gasteiger partial charge is 0.353 e. The Morgan fingerprint density at radius 2 is 1.76 bits per heavy atom. The molecular formula is C20H19ClF3N5. The molecule has 4 rings (SSSR count). The third-order valence-corrected chi connectivity index (χ3v) is 5.21. The molecule has 152 valence electrons. The number of pyridine rings is 1. The van der Waals surface area contributed by atoms with Crippen molar-refractivity contribution >= 4 is 17.4 Å². The van der Waals surface area contributed by atoms with Gasteiger partial charge in [0.05, 0.1) is 16.3 Å². The van der Waals surface area contributed by atoms with Gasteiger partial charge >= 0.3 is 6.18 Å². The van der Waals surface area contributed by atoms with Gasteiger partial charge in [-0.1, -0.05) is 23.7 Å². The molecule has 0 aliphatic carbocycles. The Morgan fingerprint density at radius 1 is 1.03 bits per heavy atom. The van der Waals surface area contributed by atoms with E-state index in [2.05, 4.69) is 27.1 Å². The van der Waals surface area contributed by atoms with E-state index in [-0.39, 0.29) is 5.02 Å². The highest BCUT2D eigenvalue weighted by molar-refractivity contribution is 6.33. The van der Waals surface area contributed by atoms with Crippen molar-refractivity contribution in [1.29, 1.82) is 0 Å². The summed E-state index contributed by atoms with van der Waals surface area (Å²) in [4.78, 5) is 8.19. The van der Waals surface area contributed by atoms with Crippen molar-refractivity contribution in [3.8, 4) is 5.69 Å². The van der Waals surface area contributed by atoms with Crippen LogP contribution in [0.5, 0.6) is 0 Å². The molecule has 0 bridgehead atoms. The first-order valence-electron chi connectivity index (χ1n) is 9.19. The Kier molecular flexibility index (Phi) is 5.47. The van der Waals surface area contributed by atoms with Crippen LogP contribution in [0.25, 0.3) is 5.69 Å². The summed E-state index contributed by atoms with van der Waals surface area (Å²) in [5, 5.41) is 4.25. The van der Waals surface area contributed by atoms with Gasteiger partial charge in [0.1, 0.15) is 5.82 Å². The minimum absolute atomic E-state index is 0.0301. The van der Waals surface area contributed by atoms with E-state index in [1.54, 1.807) is 6.20 Å². The van der Waals surface area contributed by atoms with E-state index in [9.17, 15) is 13.2 Å². The van der Waals surface area contributed by atoms with E-state index in [1.165, 1.54) is 5.56 Å². The maximum Gasteiger partial charge on any atom is 0.417 e. The molecule has 1 saturated heterocycles. The molecule has 0 radical (unpaired) electrons. The zero-order valence-electron chi connectivity index (χ0n) is 15.5. The lowest BCUT2D eigenvalue weighted by molar-refractivity contribution is -0.137. The van der Waals surface area contributed by atoms with E-state index in [4.69, 9.17) is 11.6 Å². The lowest BCUT2D eigenvalue weighted by Crippen LogP contribution is -2.46. The first-order chi connectivity index (χ1) is 13.9. The van der Waals surface area contributed by atoms with E-state index in [0.717, 1.165) is 37.6 Å². The minimum Gasteiger partial charge on any atom is -0.353 e. The molecule has 1 aromatic carbocycles. The monoisotopic (exact) mass is 421 g/mol. The molecule has 3 aromatic rings. The first-order valence-corrected chi connectivity index (χ1v) is 9.57. The Balaban J connectivity index is 1.35. The summed E-state index contributed by atoms with van der Waals surface area (Å²) >= 11 is 6.07. The molecule has 0 unspecified atom stereocenters. The van der Waals surface area contributed by atoms with Crippen LogP contribution in [-0.2, 0) is 12.7 Å². The van der Waals surface area contributed by atoms with Crippen LogP contribution in [-0.4, -0.2) is 45.8 Å². The number of hydrogen-bond donors (Lipinski definition) is 0. The zero-order chi connectivity index (χ0) is 20.4. The second-order valence-corrected chi connectivity index (χ2v) is 7.31. The highest BCUT2D eigenvalue weighted by atomic mass is 35.5. The van der Waals surface area contributed by atoms with Gasteiger partial charge in [-0.25, -0.2) is 9.67 Å². The molecule has 0 amide bonds. The summed E-state index contributed by atoms with van der Waals surface area (Å²) in [5.41, 5.74) is 1.37. The quantitative estimate of drug-likeness (QED) is 0.630. The summed E-state index contributed by atoms with van der Waals surface area (Å²) in [6.45, 7) is 3.67. The highest BCUT2D eigenvalue weighted by Crippen LogP contribution is 2.33. The summed E-state index contributed by atoms with van der Waals surface area (Å²) in [5.74, 6) is 0.405. The Labute approximate surface area is 171 Å². The molecule has 2 aromatic heterocycles. The van der Waals surface area contributed by atoms with Crippen molar-refractivity contribution in [2.75, 3.05) is 31.1 Å². The lowest BCUT2D eigenvalue weighted by Gasteiger charge is -2.35. The zero-order valence-corrected chi connectivity index (χ0v) is 16.2. The second-order valence-electron chi connectivity index (χ2n) is 6.91. The van der Waals surface area contributed by atoms with E-state index in [1.807, 2.05) is 34.0 Å². The highest BCUT2D eigenvalue weighted by Gasteiger charge is 2.32. The summed E-state index contributed by atoms with van der Waals surface area (Å²) in [6, 6.07) is 11.0. The number of alkyl halides is 3. The average molecular weight is 422 g/mol. The molecule has 0 saturated carbocycles. The predicted octanol–water partition coefficient (Wildman–Crippen LogP) is 4.26. The van der Waals surface area contributed by atoms with Crippen LogP contribution in [0, 0.1) is 0 Å². The van der Waals surface area contributed by atoms with Gasteiger partial charge in [0.2, 0.25) is 0 Å². The number of aromatic nitrogens is 3. The van der Waals surface area contributed by atoms with Gasteiger partial charge in [0.15, 0.2) is 0 Å². The number of hydrogen-bond acceptors (Lipinski definition) is 4. The largest absolute Gasteiger partial charge is 0.417 e. The van der Waals surface area contributed by atoms with Gasteiger partial charge in [-0.3, -0.25) is 4.90 Å². The third kappa shape index (κ3) is 4.54. The van der Waals surface area contributed by atoms with Crippen molar-refractivity contribution in [2.45, 2.75) is 12.7 Å². The second kappa shape index (κ2) is 8.04. The Morgan fingerprint density at radius 3 is 2.34 bits per heavy atom. The Bertz CT molecular complexity index is 949. The van der Waals surface area contributed by atoms with Crippen molar-refractivity contribution in [3.05, 3.63) is 71.1 Å². The van der Waals surface area contributed by atoms with Gasteiger partial charge in [-0.15, -0.1) is 0 Å². The third-order valence-electron chi connectivity index (χ3n) is 4.93. The maximum atomic E-state index is 12.8. The summed E-state index contributed by atoms with van der Waals surface area (Å²) in [6.07, 6.45) is 0.0371. The molecule has 0 N–H and O–H groups in total. The number of piperazine rings is 1. The Hall–Kier alpha value is -2.58. The SMILES string of the molecule is FC(F)(F)c1cnc(N2CCN(Cc3ccc(-n4cccn4)cc3)CC2)c(Cl)c1. The van der Waals surface area contributed by atoms with Crippen molar-refractivity contribution in [1.82, 2.24) is 19.7 Å². The molecule has 1 aliphatic heterocycles. The lowest BCUT2D eigenvalue weighted by atomic mass is 10.1. The first kappa shape index (κ1) is 19.7. The predicted molar refractivity (Wildman–Crippen MR) is 105 cm³/mol. The van der Waals surface area contributed by atoms with Gasteiger partial charge in [0, 0.05) is 51.3 Å². The van der Waals surface area contributed by atoms with Crippen molar-refractivity contribution < 1.29 is 13.2 Å². The summed E-state index contributed by atoms with van der Waals surface area (Å²) < 4.78 is 40.2. The number of benzene rings is 1. The fourth-order valence-electron chi connectivity index (χ4n) is 3.37. The van der Waals surface area contributed by atoms with E-state index >= 15 is 0 Å². The topological polar surface area (TPSA) is 37.2 Å². The van der Waals surface area contributed by atoms with Crippen LogP contribution in [0.1, 0.15) is 11.1 Å². The van der Waals surface area contributed by atoms with Crippen LogP contribution >= 0.6 is 11.6 Å². The van der Waals surface area contributed by atoms with Gasteiger partial charge < -0.3 is 4.90 Å². The number of nitrogens with zero attached hydrogens (tertiary/aromatic N) is 5. The molecule has 5 nitrogen and oxygen atoms in total. The van der Waals surface area contributed by atoms with Crippen molar-refractivity contribution in [3.63, 3.8) is 0 Å². The molecular weight excluding hydrogens is 403 g/mol. The fraction of sp³-hybridized carbons (Fsp3) is 0.300. The minimum atomic E-state index is -4.44. The molecule has 9 heteroatoms. The van der Waals surface area contributed by atoms with Crippen LogP contribution in [0.3, 0.4) is 0 Å².